The van der Waals surface area contributed by atoms with Crippen LogP contribution in [0.3, 0.4) is 0 Å². The number of benzene rings is 2. The Morgan fingerprint density at radius 3 is 2.21 bits per heavy atom. The van der Waals surface area contributed by atoms with Gasteiger partial charge in [-0.05, 0) is 55.8 Å². The summed E-state index contributed by atoms with van der Waals surface area (Å²) in [6, 6.07) is 9.48. The van der Waals surface area contributed by atoms with E-state index in [1.807, 2.05) is 6.92 Å². The van der Waals surface area contributed by atoms with Gasteiger partial charge in [-0.25, -0.2) is 4.79 Å². The molecule has 0 saturated heterocycles. The minimum Gasteiger partial charge on any atom is -0.361 e. The molecule has 3 rings (SSSR count). The quantitative estimate of drug-likeness (QED) is 0.521. The van der Waals surface area contributed by atoms with E-state index >= 15 is 0 Å². The number of rotatable bonds is 4. The molecule has 3 aromatic rings. The maximum absolute atomic E-state index is 12.3. The third-order valence-electron chi connectivity index (χ3n) is 3.91. The van der Waals surface area contributed by atoms with Crippen LogP contribution in [0.4, 0.5) is 21.9 Å². The molecular weight excluding hydrogens is 403 g/mol. The predicted octanol–water partition coefficient (Wildman–Crippen LogP) is 5.49. The Kier molecular flexibility index (Phi) is 5.87. The van der Waals surface area contributed by atoms with E-state index < -0.39 is 6.03 Å². The average molecular weight is 419 g/mol. The normalized spacial score (nSPS) is 10.4. The SMILES string of the molecule is Cc1cc(NC(=O)Nc2ccc(Cl)c(Cl)c2)ccc1NC(=O)c1cnoc1C. The van der Waals surface area contributed by atoms with Crippen LogP contribution < -0.4 is 16.0 Å². The van der Waals surface area contributed by atoms with E-state index in [-0.39, 0.29) is 5.91 Å². The molecule has 0 saturated carbocycles. The molecule has 0 atom stereocenters. The van der Waals surface area contributed by atoms with Gasteiger partial charge in [-0.1, -0.05) is 28.4 Å². The van der Waals surface area contributed by atoms with Crippen molar-refractivity contribution in [2.24, 2.45) is 0 Å². The zero-order valence-corrected chi connectivity index (χ0v) is 16.5. The Balaban J connectivity index is 1.65. The summed E-state index contributed by atoms with van der Waals surface area (Å²) >= 11 is 11.8. The number of nitrogens with zero attached hydrogens (tertiary/aromatic N) is 1. The number of hydrogen-bond donors (Lipinski definition) is 3. The second-order valence-corrected chi connectivity index (χ2v) is 6.80. The predicted molar refractivity (Wildman–Crippen MR) is 109 cm³/mol. The molecule has 2 aromatic carbocycles. The molecule has 0 radical (unpaired) electrons. The minimum atomic E-state index is -0.435. The number of nitrogens with one attached hydrogen (secondary N) is 3. The molecule has 3 amide bonds. The largest absolute Gasteiger partial charge is 0.361 e. The van der Waals surface area contributed by atoms with Gasteiger partial charge in [0.2, 0.25) is 0 Å². The Morgan fingerprint density at radius 2 is 1.61 bits per heavy atom. The molecule has 9 heteroatoms. The van der Waals surface area contributed by atoms with E-state index in [9.17, 15) is 9.59 Å². The van der Waals surface area contributed by atoms with Gasteiger partial charge in [-0.2, -0.15) is 0 Å². The fraction of sp³-hybridized carbons (Fsp3) is 0.105. The minimum absolute atomic E-state index is 0.320. The van der Waals surface area contributed by atoms with Crippen molar-refractivity contribution in [3.05, 3.63) is 69.5 Å². The molecule has 1 aromatic heterocycles. The smallest absolute Gasteiger partial charge is 0.323 e. The molecule has 1 heterocycles. The Hall–Kier alpha value is -3.03. The molecule has 0 aliphatic heterocycles. The summed E-state index contributed by atoms with van der Waals surface area (Å²) in [5.41, 5.74) is 2.82. The highest BCUT2D eigenvalue weighted by Gasteiger charge is 2.14. The number of carbonyl (C=O) groups excluding carboxylic acids is 2. The standard InChI is InChI=1S/C19H16Cl2N4O3/c1-10-7-12(23-19(27)24-13-3-5-15(20)16(21)8-13)4-6-17(10)25-18(26)14-9-22-28-11(14)2/h3-9H,1-2H3,(H,25,26)(H2,23,24,27). The lowest BCUT2D eigenvalue weighted by Crippen LogP contribution is -2.19. The monoisotopic (exact) mass is 418 g/mol. The molecule has 7 nitrogen and oxygen atoms in total. The summed E-state index contributed by atoms with van der Waals surface area (Å²) < 4.78 is 4.90. The average Bonchev–Trinajstić information content (AvgIpc) is 3.06. The van der Waals surface area contributed by atoms with Gasteiger partial charge in [0.25, 0.3) is 5.91 Å². The zero-order chi connectivity index (χ0) is 20.3. The Bertz CT molecular complexity index is 1050. The molecule has 144 valence electrons. The number of aromatic nitrogens is 1. The highest BCUT2D eigenvalue weighted by Crippen LogP contribution is 2.25. The van der Waals surface area contributed by atoms with Crippen molar-refractivity contribution in [2.75, 3.05) is 16.0 Å². The molecule has 0 bridgehead atoms. The van der Waals surface area contributed by atoms with Crippen LogP contribution in [0.2, 0.25) is 10.0 Å². The number of halogens is 2. The van der Waals surface area contributed by atoms with Crippen LogP contribution in [0.1, 0.15) is 21.7 Å². The summed E-state index contributed by atoms with van der Waals surface area (Å²) in [4.78, 5) is 24.4. The van der Waals surface area contributed by atoms with Crippen molar-refractivity contribution < 1.29 is 14.1 Å². The summed E-state index contributed by atoms with van der Waals surface area (Å²) in [5, 5.41) is 12.5. The summed E-state index contributed by atoms with van der Waals surface area (Å²) in [6.07, 6.45) is 1.36. The highest BCUT2D eigenvalue weighted by molar-refractivity contribution is 6.42. The third-order valence-corrected chi connectivity index (χ3v) is 4.64. The lowest BCUT2D eigenvalue weighted by atomic mass is 10.1. The van der Waals surface area contributed by atoms with E-state index in [0.717, 1.165) is 5.56 Å². The van der Waals surface area contributed by atoms with Gasteiger partial charge in [0.1, 0.15) is 11.3 Å². The van der Waals surface area contributed by atoms with Crippen LogP contribution in [0.15, 0.2) is 47.1 Å². The van der Waals surface area contributed by atoms with Crippen LogP contribution >= 0.6 is 23.2 Å². The van der Waals surface area contributed by atoms with Gasteiger partial charge in [0.15, 0.2) is 0 Å². The van der Waals surface area contributed by atoms with E-state index in [1.54, 1.807) is 43.3 Å². The lowest BCUT2D eigenvalue weighted by molar-refractivity contribution is 0.102. The molecule has 0 aliphatic carbocycles. The number of anilines is 3. The zero-order valence-electron chi connectivity index (χ0n) is 15.0. The third kappa shape index (κ3) is 4.62. The number of carbonyl (C=O) groups is 2. The van der Waals surface area contributed by atoms with E-state index in [2.05, 4.69) is 21.1 Å². The molecule has 0 aliphatic rings. The first-order chi connectivity index (χ1) is 13.3. The van der Waals surface area contributed by atoms with E-state index in [0.29, 0.717) is 38.4 Å². The maximum Gasteiger partial charge on any atom is 0.323 e. The summed E-state index contributed by atoms with van der Waals surface area (Å²) in [6.45, 7) is 3.48. The van der Waals surface area contributed by atoms with Crippen LogP contribution in [0, 0.1) is 13.8 Å². The van der Waals surface area contributed by atoms with Gasteiger partial charge in [-0.3, -0.25) is 4.79 Å². The first kappa shape index (κ1) is 19.7. The van der Waals surface area contributed by atoms with Crippen molar-refractivity contribution in [1.29, 1.82) is 0 Å². The first-order valence-electron chi connectivity index (χ1n) is 8.20. The fourth-order valence-corrected chi connectivity index (χ4v) is 2.75. The van der Waals surface area contributed by atoms with Crippen molar-refractivity contribution in [1.82, 2.24) is 5.16 Å². The number of amides is 3. The van der Waals surface area contributed by atoms with Crippen LogP contribution in [-0.4, -0.2) is 17.1 Å². The molecule has 28 heavy (non-hydrogen) atoms. The van der Waals surface area contributed by atoms with Crippen molar-refractivity contribution in [3.63, 3.8) is 0 Å². The molecule has 3 N–H and O–H groups in total. The fourth-order valence-electron chi connectivity index (χ4n) is 2.46. The van der Waals surface area contributed by atoms with Gasteiger partial charge in [0, 0.05) is 17.1 Å². The Labute approximate surface area is 171 Å². The topological polar surface area (TPSA) is 96.3 Å². The maximum atomic E-state index is 12.3. The van der Waals surface area contributed by atoms with Gasteiger partial charge < -0.3 is 20.5 Å². The highest BCUT2D eigenvalue weighted by atomic mass is 35.5. The first-order valence-corrected chi connectivity index (χ1v) is 8.95. The van der Waals surface area contributed by atoms with E-state index in [1.165, 1.54) is 6.20 Å². The van der Waals surface area contributed by atoms with Crippen molar-refractivity contribution >= 4 is 52.2 Å². The number of hydrogen-bond acceptors (Lipinski definition) is 4. The number of aryl methyl sites for hydroxylation is 2. The molecule has 0 unspecified atom stereocenters. The van der Waals surface area contributed by atoms with Crippen molar-refractivity contribution in [2.45, 2.75) is 13.8 Å². The van der Waals surface area contributed by atoms with Crippen molar-refractivity contribution in [3.8, 4) is 0 Å². The van der Waals surface area contributed by atoms with E-state index in [4.69, 9.17) is 27.7 Å². The molecule has 0 spiro atoms. The second kappa shape index (κ2) is 8.33. The van der Waals surface area contributed by atoms with Crippen LogP contribution in [-0.2, 0) is 0 Å². The Morgan fingerprint density at radius 1 is 0.929 bits per heavy atom. The molecule has 0 fully saturated rings. The van der Waals surface area contributed by atoms with Gasteiger partial charge in [-0.15, -0.1) is 0 Å². The van der Waals surface area contributed by atoms with Crippen LogP contribution in [0.5, 0.6) is 0 Å². The second-order valence-electron chi connectivity index (χ2n) is 5.99. The summed E-state index contributed by atoms with van der Waals surface area (Å²) in [5.74, 6) is 0.118. The van der Waals surface area contributed by atoms with Crippen LogP contribution in [0.25, 0.3) is 0 Å². The lowest BCUT2D eigenvalue weighted by Gasteiger charge is -2.12. The molecular formula is C19H16Cl2N4O3. The number of urea groups is 1. The van der Waals surface area contributed by atoms with Gasteiger partial charge in [0.05, 0.1) is 16.2 Å². The summed E-state index contributed by atoms with van der Waals surface area (Å²) in [7, 11) is 0. The van der Waals surface area contributed by atoms with Gasteiger partial charge >= 0.3 is 6.03 Å².